The highest BCUT2D eigenvalue weighted by atomic mass is 32.1. The van der Waals surface area contributed by atoms with Gasteiger partial charge in [0.25, 0.3) is 5.91 Å². The van der Waals surface area contributed by atoms with Gasteiger partial charge >= 0.3 is 0 Å². The molecule has 146 valence electrons. The number of hydrogen-bond donors (Lipinski definition) is 2. The number of pyridine rings is 1. The number of fused-ring (bicyclic) bond motifs is 1. The molecule has 0 aliphatic carbocycles. The van der Waals surface area contributed by atoms with Gasteiger partial charge in [-0.1, -0.05) is 13.0 Å². The minimum absolute atomic E-state index is 0.118. The number of ether oxygens (including phenoxy) is 1. The molecule has 2 N–H and O–H groups in total. The molecule has 0 bridgehead atoms. The zero-order chi connectivity index (χ0) is 19.2. The molecule has 0 unspecified atom stereocenters. The maximum absolute atomic E-state index is 12.4. The Bertz CT molecular complexity index is 760. The lowest BCUT2D eigenvalue weighted by molar-refractivity contribution is 0.0609. The minimum Gasteiger partial charge on any atom is -0.389 e. The van der Waals surface area contributed by atoms with Crippen LogP contribution >= 0.6 is 11.3 Å². The second-order valence-corrected chi connectivity index (χ2v) is 7.81. The minimum atomic E-state index is -0.685. The first-order valence-corrected chi connectivity index (χ1v) is 10.2. The molecule has 0 aromatic carbocycles. The van der Waals surface area contributed by atoms with Crippen LogP contribution in [0.5, 0.6) is 0 Å². The molecule has 3 rings (SSSR count). The lowest BCUT2D eigenvalue weighted by Crippen LogP contribution is -2.35. The molecule has 6 nitrogen and oxygen atoms in total. The predicted octanol–water partition coefficient (Wildman–Crippen LogP) is 2.00. The van der Waals surface area contributed by atoms with Crippen LogP contribution in [0.1, 0.15) is 39.0 Å². The molecular formula is C20H27N3O3S. The number of aryl methyl sites for hydroxylation is 1. The molecule has 0 saturated carbocycles. The summed E-state index contributed by atoms with van der Waals surface area (Å²) < 4.78 is 4.88. The van der Waals surface area contributed by atoms with Crippen LogP contribution in [0.15, 0.2) is 23.7 Å². The first kappa shape index (κ1) is 19.9. The van der Waals surface area contributed by atoms with Gasteiger partial charge < -0.3 is 15.2 Å². The molecule has 1 aliphatic rings. The molecule has 2 aromatic rings. The molecule has 3 heterocycles. The van der Waals surface area contributed by atoms with E-state index < -0.39 is 6.10 Å². The molecular weight excluding hydrogens is 362 g/mol. The Balaban J connectivity index is 1.58. The van der Waals surface area contributed by atoms with E-state index >= 15 is 0 Å². The van der Waals surface area contributed by atoms with Crippen LogP contribution in [0.25, 0.3) is 0 Å². The fourth-order valence-electron chi connectivity index (χ4n) is 3.25. The molecule has 1 aliphatic heterocycles. The quantitative estimate of drug-likeness (QED) is 0.722. The number of nitrogens with zero attached hydrogens (tertiary/aromatic N) is 2. The second kappa shape index (κ2) is 9.41. The number of nitrogens with one attached hydrogen (secondary N) is 1. The van der Waals surface area contributed by atoms with E-state index in [1.807, 2.05) is 11.6 Å². The van der Waals surface area contributed by atoms with Crippen LogP contribution in [0.2, 0.25) is 0 Å². The number of carbonyl (C=O) groups excluding carboxylic acids is 1. The van der Waals surface area contributed by atoms with E-state index in [2.05, 4.69) is 34.3 Å². The van der Waals surface area contributed by atoms with E-state index in [0.717, 1.165) is 49.3 Å². The maximum atomic E-state index is 12.4. The van der Waals surface area contributed by atoms with E-state index in [4.69, 9.17) is 4.74 Å². The summed E-state index contributed by atoms with van der Waals surface area (Å²) >= 11 is 1.64. The Morgan fingerprint density at radius 3 is 3.04 bits per heavy atom. The van der Waals surface area contributed by atoms with Crippen molar-refractivity contribution in [1.29, 1.82) is 0 Å². The highest BCUT2D eigenvalue weighted by molar-refractivity contribution is 7.10. The Hall–Kier alpha value is -1.80. The van der Waals surface area contributed by atoms with Crippen LogP contribution < -0.4 is 5.32 Å². The number of thiophene rings is 1. The van der Waals surface area contributed by atoms with Crippen molar-refractivity contribution in [3.8, 4) is 0 Å². The third kappa shape index (κ3) is 5.13. The first-order chi connectivity index (χ1) is 13.1. The standard InChI is InChI=1S/C20H27N3O3S/c1-3-14-4-5-15(21-8-14)10-23-7-6-17-18(13-27-19(17)11-23)20(25)22-9-16(24)12-26-2/h4-5,8,13,16,24H,3,6-7,9-12H2,1-2H3,(H,22,25)/t16-/m0/s1. The SMILES string of the molecule is CCc1ccc(CN2CCc3c(C(=O)NC[C@H](O)COC)csc3C2)nc1. The molecule has 27 heavy (non-hydrogen) atoms. The number of amides is 1. The van der Waals surface area contributed by atoms with Gasteiger partial charge in [0, 0.05) is 49.7 Å². The third-order valence-electron chi connectivity index (χ3n) is 4.81. The summed E-state index contributed by atoms with van der Waals surface area (Å²) in [4.78, 5) is 20.6. The summed E-state index contributed by atoms with van der Waals surface area (Å²) in [5, 5.41) is 14.4. The maximum Gasteiger partial charge on any atom is 0.252 e. The van der Waals surface area contributed by atoms with Gasteiger partial charge in [-0.25, -0.2) is 0 Å². The summed E-state index contributed by atoms with van der Waals surface area (Å²) in [5.74, 6) is -0.118. The fraction of sp³-hybridized carbons (Fsp3) is 0.500. The summed E-state index contributed by atoms with van der Waals surface area (Å²) in [5.41, 5.74) is 4.22. The van der Waals surface area contributed by atoms with Gasteiger partial charge in [-0.05, 0) is 30.0 Å². The largest absolute Gasteiger partial charge is 0.389 e. The van der Waals surface area contributed by atoms with Gasteiger partial charge in [0.2, 0.25) is 0 Å². The Morgan fingerprint density at radius 1 is 1.48 bits per heavy atom. The Labute approximate surface area is 164 Å². The number of rotatable bonds is 8. The van der Waals surface area contributed by atoms with Crippen LogP contribution in [-0.2, 0) is 30.7 Å². The number of carbonyl (C=O) groups is 1. The van der Waals surface area contributed by atoms with Crippen molar-refractivity contribution in [2.45, 2.75) is 39.0 Å². The highest BCUT2D eigenvalue weighted by Crippen LogP contribution is 2.29. The number of aliphatic hydroxyl groups is 1. The number of aromatic nitrogens is 1. The van der Waals surface area contributed by atoms with Crippen LogP contribution in [-0.4, -0.2) is 53.8 Å². The van der Waals surface area contributed by atoms with Gasteiger partial charge in [0.15, 0.2) is 0 Å². The molecule has 7 heteroatoms. The summed E-state index contributed by atoms with van der Waals surface area (Å²) in [6.45, 7) is 5.12. The van der Waals surface area contributed by atoms with Crippen molar-refractivity contribution in [1.82, 2.24) is 15.2 Å². The van der Waals surface area contributed by atoms with Crippen molar-refractivity contribution in [2.24, 2.45) is 0 Å². The van der Waals surface area contributed by atoms with Gasteiger partial charge in [-0.15, -0.1) is 11.3 Å². The average molecular weight is 390 g/mol. The molecule has 0 radical (unpaired) electrons. The fourth-order valence-corrected chi connectivity index (χ4v) is 4.37. The van der Waals surface area contributed by atoms with E-state index in [1.54, 1.807) is 11.3 Å². The molecule has 1 amide bonds. The Kier molecular flexibility index (Phi) is 6.95. The number of methoxy groups -OCH3 is 1. The second-order valence-electron chi connectivity index (χ2n) is 6.84. The number of hydrogen-bond acceptors (Lipinski definition) is 6. The van der Waals surface area contributed by atoms with Gasteiger partial charge in [-0.3, -0.25) is 14.7 Å². The number of aliphatic hydroxyl groups excluding tert-OH is 1. The van der Waals surface area contributed by atoms with Crippen molar-refractivity contribution >= 4 is 17.2 Å². The lowest BCUT2D eigenvalue weighted by Gasteiger charge is -2.27. The van der Waals surface area contributed by atoms with Crippen LogP contribution in [0.4, 0.5) is 0 Å². The summed E-state index contributed by atoms with van der Waals surface area (Å²) in [6.07, 6.45) is 3.13. The third-order valence-corrected chi connectivity index (χ3v) is 5.82. The molecule has 0 spiro atoms. The molecule has 1 atom stereocenters. The van der Waals surface area contributed by atoms with E-state index in [-0.39, 0.29) is 19.1 Å². The first-order valence-electron chi connectivity index (χ1n) is 9.31. The van der Waals surface area contributed by atoms with Gasteiger partial charge in [0.05, 0.1) is 24.0 Å². The van der Waals surface area contributed by atoms with Crippen molar-refractivity contribution in [2.75, 3.05) is 26.8 Å². The topological polar surface area (TPSA) is 74.7 Å². The summed E-state index contributed by atoms with van der Waals surface area (Å²) in [7, 11) is 1.53. The molecule has 0 fully saturated rings. The zero-order valence-corrected chi connectivity index (χ0v) is 16.7. The van der Waals surface area contributed by atoms with Crippen molar-refractivity contribution in [3.63, 3.8) is 0 Å². The van der Waals surface area contributed by atoms with E-state index in [9.17, 15) is 9.90 Å². The van der Waals surface area contributed by atoms with E-state index in [1.165, 1.54) is 17.6 Å². The van der Waals surface area contributed by atoms with Crippen molar-refractivity contribution in [3.05, 3.63) is 51.0 Å². The predicted molar refractivity (Wildman–Crippen MR) is 106 cm³/mol. The smallest absolute Gasteiger partial charge is 0.252 e. The summed E-state index contributed by atoms with van der Waals surface area (Å²) in [6, 6.07) is 4.25. The van der Waals surface area contributed by atoms with Crippen LogP contribution in [0, 0.1) is 0 Å². The average Bonchev–Trinajstić information content (AvgIpc) is 3.10. The molecule has 2 aromatic heterocycles. The van der Waals surface area contributed by atoms with Crippen molar-refractivity contribution < 1.29 is 14.6 Å². The van der Waals surface area contributed by atoms with Crippen LogP contribution in [0.3, 0.4) is 0 Å². The normalized spacial score (nSPS) is 15.4. The highest BCUT2D eigenvalue weighted by Gasteiger charge is 2.24. The molecule has 0 saturated heterocycles. The van der Waals surface area contributed by atoms with Gasteiger partial charge in [0.1, 0.15) is 0 Å². The van der Waals surface area contributed by atoms with E-state index in [0.29, 0.717) is 0 Å². The zero-order valence-electron chi connectivity index (χ0n) is 15.9. The Morgan fingerprint density at radius 2 is 2.33 bits per heavy atom. The lowest BCUT2D eigenvalue weighted by atomic mass is 10.0. The monoisotopic (exact) mass is 389 g/mol. The van der Waals surface area contributed by atoms with Gasteiger partial charge in [-0.2, -0.15) is 0 Å².